The van der Waals surface area contributed by atoms with Crippen LogP contribution in [0.15, 0.2) is 34.5 Å². The van der Waals surface area contributed by atoms with E-state index >= 15 is 0 Å². The Balaban J connectivity index is 1.77. The highest BCUT2D eigenvalue weighted by molar-refractivity contribution is 7.91. The number of benzene rings is 1. The van der Waals surface area contributed by atoms with Gasteiger partial charge in [-0.25, -0.2) is 13.1 Å². The van der Waals surface area contributed by atoms with Gasteiger partial charge in [-0.1, -0.05) is 11.6 Å². The van der Waals surface area contributed by atoms with Gasteiger partial charge in [0.25, 0.3) is 0 Å². The predicted molar refractivity (Wildman–Crippen MR) is 85.6 cm³/mol. The van der Waals surface area contributed by atoms with Gasteiger partial charge in [0.2, 0.25) is 10.0 Å². The number of thiophene rings is 1. The average molecular weight is 360 g/mol. The van der Waals surface area contributed by atoms with E-state index in [4.69, 9.17) is 21.1 Å². The maximum absolute atomic E-state index is 12.3. The zero-order valence-electron chi connectivity index (χ0n) is 11.7. The lowest BCUT2D eigenvalue weighted by atomic mass is 10.0. The Kier molecular flexibility index (Phi) is 4.31. The summed E-state index contributed by atoms with van der Waals surface area (Å²) in [5.41, 5.74) is 0.919. The molecule has 3 rings (SSSR count). The number of halogens is 1. The van der Waals surface area contributed by atoms with Crippen LogP contribution in [-0.4, -0.2) is 28.2 Å². The first-order chi connectivity index (χ1) is 10.5. The maximum Gasteiger partial charge on any atom is 0.250 e. The molecule has 5 nitrogen and oxygen atoms in total. The van der Waals surface area contributed by atoms with Gasteiger partial charge in [-0.3, -0.25) is 0 Å². The van der Waals surface area contributed by atoms with E-state index in [0.29, 0.717) is 10.8 Å². The lowest BCUT2D eigenvalue weighted by molar-refractivity contribution is 0.253. The molecule has 22 heavy (non-hydrogen) atoms. The summed E-state index contributed by atoms with van der Waals surface area (Å²) in [6, 6.07) is 8.24. The summed E-state index contributed by atoms with van der Waals surface area (Å²) in [7, 11) is -2.00. The SMILES string of the molecule is COc1ccc2c(c1)C[C@@H](NS(=O)(=O)c1ccc(Cl)s1)CO2. The van der Waals surface area contributed by atoms with Gasteiger partial charge in [-0.05, 0) is 42.3 Å². The first-order valence-electron chi connectivity index (χ1n) is 6.55. The summed E-state index contributed by atoms with van der Waals surface area (Å²) in [6.45, 7) is 0.289. The number of methoxy groups -OCH3 is 1. The van der Waals surface area contributed by atoms with Crippen LogP contribution in [-0.2, 0) is 16.4 Å². The van der Waals surface area contributed by atoms with Gasteiger partial charge in [0.1, 0.15) is 22.3 Å². The molecule has 0 saturated carbocycles. The van der Waals surface area contributed by atoms with Crippen LogP contribution < -0.4 is 14.2 Å². The van der Waals surface area contributed by atoms with Crippen LogP contribution in [0.4, 0.5) is 0 Å². The van der Waals surface area contributed by atoms with Crippen LogP contribution in [0.1, 0.15) is 5.56 Å². The number of fused-ring (bicyclic) bond motifs is 1. The minimum atomic E-state index is -3.58. The van der Waals surface area contributed by atoms with Gasteiger partial charge in [0.15, 0.2) is 0 Å². The van der Waals surface area contributed by atoms with Crippen LogP contribution in [0.2, 0.25) is 4.34 Å². The van der Waals surface area contributed by atoms with Crippen molar-refractivity contribution >= 4 is 33.0 Å². The summed E-state index contributed by atoms with van der Waals surface area (Å²) in [6.07, 6.45) is 0.546. The van der Waals surface area contributed by atoms with Crippen LogP contribution in [0.25, 0.3) is 0 Å². The lowest BCUT2D eigenvalue weighted by Crippen LogP contribution is -2.42. The number of hydrogen-bond donors (Lipinski definition) is 1. The van der Waals surface area contributed by atoms with Gasteiger partial charge in [-0.2, -0.15) is 0 Å². The highest BCUT2D eigenvalue weighted by Crippen LogP contribution is 2.30. The number of nitrogens with one attached hydrogen (secondary N) is 1. The molecule has 2 heterocycles. The maximum atomic E-state index is 12.3. The highest BCUT2D eigenvalue weighted by Gasteiger charge is 2.26. The Bertz CT molecular complexity index is 788. The van der Waals surface area contributed by atoms with Crippen molar-refractivity contribution in [3.05, 3.63) is 40.2 Å². The Labute approximate surface area is 137 Å². The molecule has 1 aromatic heterocycles. The van der Waals surface area contributed by atoms with Gasteiger partial charge in [0.05, 0.1) is 17.5 Å². The average Bonchev–Trinajstić information content (AvgIpc) is 2.93. The number of ether oxygens (including phenoxy) is 2. The molecule has 0 amide bonds. The van der Waals surface area contributed by atoms with Crippen LogP contribution >= 0.6 is 22.9 Å². The highest BCUT2D eigenvalue weighted by atomic mass is 35.5. The van der Waals surface area contributed by atoms with Crippen LogP contribution in [0.3, 0.4) is 0 Å². The van der Waals surface area contributed by atoms with Gasteiger partial charge < -0.3 is 9.47 Å². The van der Waals surface area contributed by atoms with Crippen molar-refractivity contribution in [2.45, 2.75) is 16.7 Å². The molecule has 1 aliphatic rings. The first kappa shape index (κ1) is 15.6. The minimum Gasteiger partial charge on any atom is -0.497 e. The third-order valence-electron chi connectivity index (χ3n) is 3.31. The summed E-state index contributed by atoms with van der Waals surface area (Å²) < 4.78 is 38.7. The molecule has 118 valence electrons. The number of sulfonamides is 1. The van der Waals surface area contributed by atoms with E-state index in [-0.39, 0.29) is 16.9 Å². The second kappa shape index (κ2) is 6.08. The van der Waals surface area contributed by atoms with E-state index in [2.05, 4.69) is 4.72 Å². The van der Waals surface area contributed by atoms with Crippen molar-refractivity contribution in [1.82, 2.24) is 4.72 Å². The Morgan fingerprint density at radius 3 is 2.86 bits per heavy atom. The van der Waals surface area contributed by atoms with Crippen LogP contribution in [0.5, 0.6) is 11.5 Å². The summed E-state index contributed by atoms with van der Waals surface area (Å²) >= 11 is 6.83. The summed E-state index contributed by atoms with van der Waals surface area (Å²) in [5, 5.41) is 0. The predicted octanol–water partition coefficient (Wildman–Crippen LogP) is 2.69. The van der Waals surface area contributed by atoms with Crippen molar-refractivity contribution in [3.8, 4) is 11.5 Å². The monoisotopic (exact) mass is 359 g/mol. The topological polar surface area (TPSA) is 64.6 Å². The quantitative estimate of drug-likeness (QED) is 0.911. The zero-order valence-corrected chi connectivity index (χ0v) is 14.1. The zero-order chi connectivity index (χ0) is 15.7. The van der Waals surface area contributed by atoms with Gasteiger partial charge in [-0.15, -0.1) is 11.3 Å². The normalized spacial score (nSPS) is 17.6. The Morgan fingerprint density at radius 1 is 1.36 bits per heavy atom. The van der Waals surface area contributed by atoms with Crippen molar-refractivity contribution in [2.75, 3.05) is 13.7 Å². The summed E-state index contributed by atoms with van der Waals surface area (Å²) in [5.74, 6) is 1.48. The molecule has 0 aliphatic carbocycles. The lowest BCUT2D eigenvalue weighted by Gasteiger charge is -2.26. The number of hydrogen-bond acceptors (Lipinski definition) is 5. The van der Waals surface area contributed by atoms with Gasteiger partial charge in [0, 0.05) is 0 Å². The fraction of sp³-hybridized carbons (Fsp3) is 0.286. The molecule has 1 atom stereocenters. The molecule has 0 spiro atoms. The number of rotatable bonds is 4. The molecule has 0 saturated heterocycles. The van der Waals surface area contributed by atoms with E-state index in [1.165, 1.54) is 6.07 Å². The minimum absolute atomic E-state index is 0.203. The standard InChI is InChI=1S/C14H14ClNO4S2/c1-19-11-2-3-12-9(7-11)6-10(8-20-12)16-22(17,18)14-5-4-13(15)21-14/h2-5,7,10,16H,6,8H2,1H3/t10-/m1/s1. The third kappa shape index (κ3) is 3.22. The smallest absolute Gasteiger partial charge is 0.250 e. The fourth-order valence-electron chi connectivity index (χ4n) is 2.29. The molecular weight excluding hydrogens is 346 g/mol. The molecule has 1 aliphatic heterocycles. The second-order valence-corrected chi connectivity index (χ2v) is 8.52. The molecule has 1 aromatic carbocycles. The van der Waals surface area contributed by atoms with Crippen molar-refractivity contribution in [2.24, 2.45) is 0 Å². The first-order valence-corrected chi connectivity index (χ1v) is 9.23. The molecule has 2 aromatic rings. The Hall–Kier alpha value is -1.28. The molecule has 0 radical (unpaired) electrons. The van der Waals surface area contributed by atoms with E-state index in [1.54, 1.807) is 13.2 Å². The summed E-state index contributed by atoms with van der Waals surface area (Å²) in [4.78, 5) is 0. The van der Waals surface area contributed by atoms with Crippen molar-refractivity contribution < 1.29 is 17.9 Å². The van der Waals surface area contributed by atoms with Crippen LogP contribution in [0, 0.1) is 0 Å². The Morgan fingerprint density at radius 2 is 2.18 bits per heavy atom. The van der Waals surface area contributed by atoms with E-state index in [0.717, 1.165) is 28.4 Å². The molecule has 0 bridgehead atoms. The molecule has 8 heteroatoms. The molecule has 0 unspecified atom stereocenters. The van der Waals surface area contributed by atoms with Gasteiger partial charge >= 0.3 is 0 Å². The third-order valence-corrected chi connectivity index (χ3v) is 6.55. The molecular formula is C14H14ClNO4S2. The molecule has 0 fully saturated rings. The van der Waals surface area contributed by atoms with E-state index in [1.807, 2.05) is 18.2 Å². The van der Waals surface area contributed by atoms with Crippen molar-refractivity contribution in [1.29, 1.82) is 0 Å². The van der Waals surface area contributed by atoms with E-state index < -0.39 is 10.0 Å². The largest absolute Gasteiger partial charge is 0.497 e. The second-order valence-electron chi connectivity index (χ2n) is 4.87. The van der Waals surface area contributed by atoms with E-state index in [9.17, 15) is 8.42 Å². The molecule has 1 N–H and O–H groups in total. The fourth-order valence-corrected chi connectivity index (χ4v) is 5.01. The van der Waals surface area contributed by atoms with Crippen molar-refractivity contribution in [3.63, 3.8) is 0 Å².